The molecule has 7 heteroatoms. The van der Waals surface area contributed by atoms with Crippen LogP contribution in [0.15, 0.2) is 16.1 Å². The highest BCUT2D eigenvalue weighted by atomic mass is 32.1. The molecule has 0 aliphatic heterocycles. The first-order valence-corrected chi connectivity index (χ1v) is 8.27. The monoisotopic (exact) mass is 324 g/mol. The van der Waals surface area contributed by atoms with E-state index in [1.54, 1.807) is 0 Å². The van der Waals surface area contributed by atoms with Crippen molar-refractivity contribution >= 4 is 39.7 Å². The number of aryl methyl sites for hydroxylation is 2. The third-order valence-corrected chi connectivity index (χ3v) is 4.58. The van der Waals surface area contributed by atoms with E-state index in [2.05, 4.69) is 15.0 Å². The van der Waals surface area contributed by atoms with Crippen LogP contribution in [0.4, 0.5) is 5.13 Å². The van der Waals surface area contributed by atoms with Gasteiger partial charge in [0.05, 0.1) is 18.4 Å². The van der Waals surface area contributed by atoms with Crippen LogP contribution < -0.4 is 5.32 Å². The summed E-state index contributed by atoms with van der Waals surface area (Å²) in [4.78, 5) is 27.4. The molecule has 0 bridgehead atoms. The van der Waals surface area contributed by atoms with Crippen LogP contribution in [0, 0.1) is 6.92 Å². The number of anilines is 1. The van der Waals surface area contributed by atoms with Gasteiger partial charge in [0.2, 0.25) is 0 Å². The van der Waals surface area contributed by atoms with Gasteiger partial charge in [0.25, 0.3) is 5.91 Å². The summed E-state index contributed by atoms with van der Waals surface area (Å²) in [5.74, 6) is -0.351. The van der Waals surface area contributed by atoms with Crippen molar-refractivity contribution < 1.29 is 14.3 Å². The van der Waals surface area contributed by atoms with E-state index in [1.165, 1.54) is 29.8 Å². The van der Waals surface area contributed by atoms with E-state index in [0.717, 1.165) is 11.3 Å². The van der Waals surface area contributed by atoms with Crippen molar-refractivity contribution in [1.82, 2.24) is 4.98 Å². The van der Waals surface area contributed by atoms with Crippen LogP contribution in [0.3, 0.4) is 0 Å². The highest BCUT2D eigenvalue weighted by Gasteiger charge is 2.12. The molecule has 2 rings (SSSR count). The fraction of sp³-hybridized carbons (Fsp3) is 0.357. The predicted molar refractivity (Wildman–Crippen MR) is 84.1 cm³/mol. The van der Waals surface area contributed by atoms with E-state index >= 15 is 0 Å². The summed E-state index contributed by atoms with van der Waals surface area (Å²) in [6.07, 6.45) is 1.76. The van der Waals surface area contributed by atoms with Gasteiger partial charge in [0.15, 0.2) is 5.13 Å². The number of amides is 1. The second-order valence-corrected chi connectivity index (χ2v) is 6.10. The van der Waals surface area contributed by atoms with Crippen molar-refractivity contribution in [3.63, 3.8) is 0 Å². The molecule has 0 atom stereocenters. The number of hydrogen-bond acceptors (Lipinski definition) is 6. The van der Waals surface area contributed by atoms with Gasteiger partial charge in [-0.3, -0.25) is 14.9 Å². The normalized spacial score (nSPS) is 10.4. The van der Waals surface area contributed by atoms with Gasteiger partial charge in [0.1, 0.15) is 0 Å². The molecule has 0 aromatic carbocycles. The van der Waals surface area contributed by atoms with Crippen LogP contribution in [0.1, 0.15) is 34.5 Å². The second kappa shape index (κ2) is 7.33. The summed E-state index contributed by atoms with van der Waals surface area (Å²) in [6, 6.07) is 0. The average Bonchev–Trinajstić information content (AvgIpc) is 3.07. The van der Waals surface area contributed by atoms with Crippen molar-refractivity contribution in [2.24, 2.45) is 0 Å². The second-order valence-electron chi connectivity index (χ2n) is 4.50. The standard InChI is InChI=1S/C14H16N2O3S2/c1-9-6-20-8-11(9)13(18)16-14-15-10(7-21-14)4-3-5-12(17)19-2/h6-8H,3-5H2,1-2H3,(H,15,16,18). The minimum Gasteiger partial charge on any atom is -0.469 e. The zero-order valence-corrected chi connectivity index (χ0v) is 13.5. The lowest BCUT2D eigenvalue weighted by Gasteiger charge is -2.00. The molecule has 0 spiro atoms. The first-order chi connectivity index (χ1) is 10.1. The molecule has 0 radical (unpaired) electrons. The van der Waals surface area contributed by atoms with Gasteiger partial charge in [-0.25, -0.2) is 4.98 Å². The maximum Gasteiger partial charge on any atom is 0.305 e. The minimum atomic E-state index is -0.216. The summed E-state index contributed by atoms with van der Waals surface area (Å²) < 4.78 is 4.59. The number of nitrogens with zero attached hydrogens (tertiary/aromatic N) is 1. The molecule has 1 N–H and O–H groups in total. The highest BCUT2D eigenvalue weighted by Crippen LogP contribution is 2.20. The van der Waals surface area contributed by atoms with Crippen LogP contribution in [-0.2, 0) is 16.0 Å². The maximum atomic E-state index is 12.0. The number of thiophene rings is 1. The van der Waals surface area contributed by atoms with Crippen molar-refractivity contribution in [2.45, 2.75) is 26.2 Å². The number of methoxy groups -OCH3 is 1. The number of ether oxygens (including phenoxy) is 1. The zero-order chi connectivity index (χ0) is 15.2. The number of hydrogen-bond donors (Lipinski definition) is 1. The van der Waals surface area contributed by atoms with Crippen LogP contribution >= 0.6 is 22.7 Å². The van der Waals surface area contributed by atoms with Gasteiger partial charge in [0, 0.05) is 17.2 Å². The lowest BCUT2D eigenvalue weighted by atomic mass is 10.2. The molecular formula is C14H16N2O3S2. The Morgan fingerprint density at radius 1 is 1.33 bits per heavy atom. The Kier molecular flexibility index (Phi) is 5.46. The zero-order valence-electron chi connectivity index (χ0n) is 11.8. The lowest BCUT2D eigenvalue weighted by Crippen LogP contribution is -2.11. The van der Waals surface area contributed by atoms with Crippen LogP contribution in [0.2, 0.25) is 0 Å². The summed E-state index contributed by atoms with van der Waals surface area (Å²) in [6.45, 7) is 1.91. The van der Waals surface area contributed by atoms with Crippen LogP contribution in [-0.4, -0.2) is 24.0 Å². The average molecular weight is 324 g/mol. The number of carbonyl (C=O) groups is 2. The number of aromatic nitrogens is 1. The van der Waals surface area contributed by atoms with Crippen LogP contribution in [0.25, 0.3) is 0 Å². The van der Waals surface area contributed by atoms with Gasteiger partial charge in [-0.1, -0.05) is 0 Å². The van der Waals surface area contributed by atoms with E-state index in [0.29, 0.717) is 30.0 Å². The molecular weight excluding hydrogens is 308 g/mol. The van der Waals surface area contributed by atoms with Crippen LogP contribution in [0.5, 0.6) is 0 Å². The molecule has 0 aliphatic carbocycles. The molecule has 2 aromatic heterocycles. The molecule has 0 aliphatic rings. The molecule has 0 unspecified atom stereocenters. The molecule has 21 heavy (non-hydrogen) atoms. The largest absolute Gasteiger partial charge is 0.469 e. The van der Waals surface area contributed by atoms with Gasteiger partial charge >= 0.3 is 5.97 Å². The van der Waals surface area contributed by atoms with Crippen molar-refractivity contribution in [1.29, 1.82) is 0 Å². The summed E-state index contributed by atoms with van der Waals surface area (Å²) in [5.41, 5.74) is 2.52. The van der Waals surface area contributed by atoms with E-state index in [-0.39, 0.29) is 11.9 Å². The van der Waals surface area contributed by atoms with Gasteiger partial charge < -0.3 is 4.74 Å². The molecule has 0 fully saturated rings. The molecule has 2 heterocycles. The molecule has 2 aromatic rings. The van der Waals surface area contributed by atoms with Gasteiger partial charge in [-0.2, -0.15) is 11.3 Å². The number of esters is 1. The molecule has 1 amide bonds. The van der Waals surface area contributed by atoms with Crippen molar-refractivity contribution in [3.05, 3.63) is 33.0 Å². The Morgan fingerprint density at radius 3 is 2.81 bits per heavy atom. The number of rotatable bonds is 6. The van der Waals surface area contributed by atoms with Crippen molar-refractivity contribution in [2.75, 3.05) is 12.4 Å². The maximum absolute atomic E-state index is 12.0. The number of carbonyl (C=O) groups excluding carboxylic acids is 2. The molecule has 0 saturated heterocycles. The SMILES string of the molecule is COC(=O)CCCc1csc(NC(=O)c2cscc2C)n1. The first kappa shape index (κ1) is 15.7. The van der Waals surface area contributed by atoms with E-state index in [9.17, 15) is 9.59 Å². The Bertz CT molecular complexity index is 634. The summed E-state index contributed by atoms with van der Waals surface area (Å²) >= 11 is 2.89. The predicted octanol–water partition coefficient (Wildman–Crippen LogP) is 3.26. The van der Waals surface area contributed by atoms with E-state index in [1.807, 2.05) is 23.1 Å². The van der Waals surface area contributed by atoms with Crippen molar-refractivity contribution in [3.8, 4) is 0 Å². The quantitative estimate of drug-likeness (QED) is 0.828. The first-order valence-electron chi connectivity index (χ1n) is 6.45. The Morgan fingerprint density at radius 2 is 2.14 bits per heavy atom. The molecule has 5 nitrogen and oxygen atoms in total. The Labute approximate surface area is 131 Å². The topological polar surface area (TPSA) is 68.3 Å². The minimum absolute atomic E-state index is 0.135. The number of nitrogens with one attached hydrogen (secondary N) is 1. The molecule has 112 valence electrons. The number of thiazole rings is 1. The summed E-state index contributed by atoms with van der Waals surface area (Å²) in [5, 5.41) is 9.05. The Balaban J connectivity index is 1.87. The molecule has 0 saturated carbocycles. The van der Waals surface area contributed by atoms with Gasteiger partial charge in [-0.15, -0.1) is 11.3 Å². The fourth-order valence-corrected chi connectivity index (χ4v) is 3.32. The van der Waals surface area contributed by atoms with Gasteiger partial charge in [-0.05, 0) is 30.7 Å². The third-order valence-electron chi connectivity index (χ3n) is 2.91. The Hall–Kier alpha value is -1.73. The third kappa shape index (κ3) is 4.37. The van der Waals surface area contributed by atoms with E-state index in [4.69, 9.17) is 0 Å². The van der Waals surface area contributed by atoms with E-state index < -0.39 is 0 Å². The fourth-order valence-electron chi connectivity index (χ4n) is 1.75. The lowest BCUT2D eigenvalue weighted by molar-refractivity contribution is -0.140. The smallest absolute Gasteiger partial charge is 0.305 e. The highest BCUT2D eigenvalue weighted by molar-refractivity contribution is 7.14. The summed E-state index contributed by atoms with van der Waals surface area (Å²) in [7, 11) is 1.38.